The first-order valence-corrected chi connectivity index (χ1v) is 5.85. The molecular weight excluding hydrogens is 246 g/mol. The Morgan fingerprint density at radius 3 is 2.47 bits per heavy atom. The van der Waals surface area contributed by atoms with Gasteiger partial charge in [0, 0.05) is 5.56 Å². The van der Waals surface area contributed by atoms with E-state index < -0.39 is 5.41 Å². The van der Waals surface area contributed by atoms with Crippen LogP contribution in [-0.2, 0) is 4.74 Å². The lowest BCUT2D eigenvalue weighted by Gasteiger charge is -2.33. The molecule has 0 atom stereocenters. The maximum Gasteiger partial charge on any atom is 0.191 e. The van der Waals surface area contributed by atoms with E-state index in [0.29, 0.717) is 17.1 Å². The average Bonchev–Trinajstić information content (AvgIpc) is 2.37. The third-order valence-electron chi connectivity index (χ3n) is 3.37. The number of nitriles is 1. The number of ketones is 1. The smallest absolute Gasteiger partial charge is 0.191 e. The number of nitrogens with zero attached hydrogens (tertiary/aromatic N) is 1. The van der Waals surface area contributed by atoms with E-state index in [-0.39, 0.29) is 19.0 Å². The van der Waals surface area contributed by atoms with Gasteiger partial charge in [-0.05, 0) is 19.1 Å². The second-order valence-electron chi connectivity index (χ2n) is 4.49. The van der Waals surface area contributed by atoms with Crippen molar-refractivity contribution in [3.63, 3.8) is 0 Å². The van der Waals surface area contributed by atoms with Crippen molar-refractivity contribution >= 4 is 5.78 Å². The van der Waals surface area contributed by atoms with Crippen molar-refractivity contribution in [3.8, 4) is 17.6 Å². The molecule has 1 aromatic carbocycles. The van der Waals surface area contributed by atoms with Crippen molar-refractivity contribution in [1.29, 1.82) is 5.26 Å². The summed E-state index contributed by atoms with van der Waals surface area (Å²) in [6.07, 6.45) is 0. The highest BCUT2D eigenvalue weighted by Gasteiger charge is 2.47. The number of carbonyl (C=O) groups is 1. The molecule has 0 saturated carbocycles. The molecule has 1 aliphatic heterocycles. The number of Topliss-reactive ketones (excluding diaryl/α,β-unsaturated/α-hetero) is 1. The molecule has 0 aromatic heterocycles. The van der Waals surface area contributed by atoms with Gasteiger partial charge >= 0.3 is 0 Å². The summed E-state index contributed by atoms with van der Waals surface area (Å²) in [6, 6.07) is 5.38. The van der Waals surface area contributed by atoms with E-state index in [1.165, 1.54) is 7.11 Å². The van der Waals surface area contributed by atoms with Gasteiger partial charge in [-0.1, -0.05) is 0 Å². The molecule has 2 rings (SSSR count). The lowest BCUT2D eigenvalue weighted by atomic mass is 9.79. The lowest BCUT2D eigenvalue weighted by molar-refractivity contribution is -0.0567. The van der Waals surface area contributed by atoms with E-state index in [4.69, 9.17) is 14.2 Å². The molecule has 0 unspecified atom stereocenters. The Bertz CT molecular complexity index is 555. The van der Waals surface area contributed by atoms with Crippen LogP contribution in [-0.4, -0.2) is 33.2 Å². The normalized spacial score (nSPS) is 16.1. The minimum Gasteiger partial charge on any atom is -0.496 e. The van der Waals surface area contributed by atoms with Crippen LogP contribution in [0.1, 0.15) is 15.9 Å². The summed E-state index contributed by atoms with van der Waals surface area (Å²) >= 11 is 0. The Labute approximate surface area is 111 Å². The molecule has 1 aromatic rings. The van der Waals surface area contributed by atoms with Gasteiger partial charge in [0.15, 0.2) is 11.2 Å². The third-order valence-corrected chi connectivity index (χ3v) is 3.37. The molecule has 5 nitrogen and oxygen atoms in total. The number of hydrogen-bond donors (Lipinski definition) is 0. The fourth-order valence-electron chi connectivity index (χ4n) is 2.15. The topological polar surface area (TPSA) is 68.6 Å². The molecule has 0 amide bonds. The molecule has 5 heteroatoms. The van der Waals surface area contributed by atoms with Crippen molar-refractivity contribution in [2.75, 3.05) is 27.4 Å². The summed E-state index contributed by atoms with van der Waals surface area (Å²) < 4.78 is 15.5. The summed E-state index contributed by atoms with van der Waals surface area (Å²) in [5.74, 6) is 0.832. The Morgan fingerprint density at radius 2 is 2.05 bits per heavy atom. The van der Waals surface area contributed by atoms with Gasteiger partial charge in [-0.15, -0.1) is 0 Å². The highest BCUT2D eigenvalue weighted by Crippen LogP contribution is 2.37. The van der Waals surface area contributed by atoms with Crippen molar-refractivity contribution in [1.82, 2.24) is 0 Å². The van der Waals surface area contributed by atoms with E-state index in [1.54, 1.807) is 19.2 Å². The quantitative estimate of drug-likeness (QED) is 0.772. The minimum absolute atomic E-state index is 0.135. The molecular formula is C14H15NO4. The zero-order valence-electron chi connectivity index (χ0n) is 11.1. The second kappa shape index (κ2) is 4.90. The summed E-state index contributed by atoms with van der Waals surface area (Å²) in [4.78, 5) is 12.5. The van der Waals surface area contributed by atoms with Gasteiger partial charge in [-0.3, -0.25) is 4.79 Å². The molecule has 0 spiro atoms. The van der Waals surface area contributed by atoms with E-state index >= 15 is 0 Å². The standard InChI is InChI=1S/C14H15NO4/c1-9-11(17-2)5-4-10(12(9)18-3)13(16)14(6-15)7-19-8-14/h4-5H,7-8H2,1-3H3. The van der Waals surface area contributed by atoms with Crippen LogP contribution in [0, 0.1) is 23.7 Å². The second-order valence-corrected chi connectivity index (χ2v) is 4.49. The molecule has 0 aliphatic carbocycles. The van der Waals surface area contributed by atoms with Crippen LogP contribution in [0.15, 0.2) is 12.1 Å². The highest BCUT2D eigenvalue weighted by molar-refractivity contribution is 6.05. The summed E-state index contributed by atoms with van der Waals surface area (Å²) in [6.45, 7) is 2.08. The molecule has 1 saturated heterocycles. The van der Waals surface area contributed by atoms with Crippen molar-refractivity contribution in [2.24, 2.45) is 5.41 Å². The first kappa shape index (κ1) is 13.4. The number of rotatable bonds is 4. The first-order valence-electron chi connectivity index (χ1n) is 5.85. The van der Waals surface area contributed by atoms with Gasteiger partial charge in [-0.25, -0.2) is 0 Å². The maximum atomic E-state index is 12.5. The summed E-state index contributed by atoms with van der Waals surface area (Å²) in [7, 11) is 3.05. The van der Waals surface area contributed by atoms with Crippen LogP contribution in [0.5, 0.6) is 11.5 Å². The molecule has 0 radical (unpaired) electrons. The monoisotopic (exact) mass is 261 g/mol. The highest BCUT2D eigenvalue weighted by atomic mass is 16.5. The van der Waals surface area contributed by atoms with Gasteiger partial charge in [0.2, 0.25) is 0 Å². The Balaban J connectivity index is 2.49. The van der Waals surface area contributed by atoms with Gasteiger partial charge in [0.25, 0.3) is 0 Å². The van der Waals surface area contributed by atoms with Crippen LogP contribution in [0.3, 0.4) is 0 Å². The Hall–Kier alpha value is -2.06. The predicted octanol–water partition coefficient (Wildman–Crippen LogP) is 1.74. The third kappa shape index (κ3) is 1.94. The Kier molecular flexibility index (Phi) is 3.45. The van der Waals surface area contributed by atoms with Crippen LogP contribution in [0.4, 0.5) is 0 Å². The number of ether oxygens (including phenoxy) is 3. The van der Waals surface area contributed by atoms with E-state index in [9.17, 15) is 10.1 Å². The molecule has 0 bridgehead atoms. The van der Waals surface area contributed by atoms with Crippen molar-refractivity contribution < 1.29 is 19.0 Å². The predicted molar refractivity (Wildman–Crippen MR) is 67.5 cm³/mol. The first-order chi connectivity index (χ1) is 9.09. The van der Waals surface area contributed by atoms with Crippen LogP contribution >= 0.6 is 0 Å². The maximum absolute atomic E-state index is 12.5. The van der Waals surface area contributed by atoms with Crippen LogP contribution < -0.4 is 9.47 Å². The largest absolute Gasteiger partial charge is 0.496 e. The number of carbonyl (C=O) groups excluding carboxylic acids is 1. The fourth-order valence-corrected chi connectivity index (χ4v) is 2.15. The SMILES string of the molecule is COc1ccc(C(=O)C2(C#N)COC2)c(OC)c1C. The summed E-state index contributed by atoms with van der Waals surface area (Å²) in [5.41, 5.74) is 0.0590. The number of methoxy groups -OCH3 is 2. The van der Waals surface area contributed by atoms with Gasteiger partial charge < -0.3 is 14.2 Å². The lowest BCUT2D eigenvalue weighted by Crippen LogP contribution is -2.48. The molecule has 19 heavy (non-hydrogen) atoms. The fraction of sp³-hybridized carbons (Fsp3) is 0.429. The van der Waals surface area contributed by atoms with Crippen molar-refractivity contribution in [2.45, 2.75) is 6.92 Å². The molecule has 1 fully saturated rings. The zero-order valence-corrected chi connectivity index (χ0v) is 11.1. The minimum atomic E-state index is -1.08. The van der Waals surface area contributed by atoms with Gasteiger partial charge in [0.05, 0.1) is 39.1 Å². The van der Waals surface area contributed by atoms with Crippen LogP contribution in [0.2, 0.25) is 0 Å². The van der Waals surface area contributed by atoms with Gasteiger partial charge in [0.1, 0.15) is 11.5 Å². The molecule has 1 aliphatic rings. The van der Waals surface area contributed by atoms with E-state index in [0.717, 1.165) is 5.56 Å². The molecule has 0 N–H and O–H groups in total. The molecule has 1 heterocycles. The van der Waals surface area contributed by atoms with Gasteiger partial charge in [-0.2, -0.15) is 5.26 Å². The molecule has 100 valence electrons. The van der Waals surface area contributed by atoms with Crippen LogP contribution in [0.25, 0.3) is 0 Å². The average molecular weight is 261 g/mol. The van der Waals surface area contributed by atoms with Crippen molar-refractivity contribution in [3.05, 3.63) is 23.3 Å². The van der Waals surface area contributed by atoms with E-state index in [1.807, 2.05) is 6.92 Å². The zero-order chi connectivity index (χ0) is 14.0. The number of hydrogen-bond acceptors (Lipinski definition) is 5. The van der Waals surface area contributed by atoms with E-state index in [2.05, 4.69) is 6.07 Å². The number of benzene rings is 1. The summed E-state index contributed by atoms with van der Waals surface area (Å²) in [5, 5.41) is 9.19. The Morgan fingerprint density at radius 1 is 1.37 bits per heavy atom.